The third kappa shape index (κ3) is 2.70. The molecule has 1 aromatic carbocycles. The number of rotatable bonds is 2. The number of benzene rings is 1. The molecule has 1 saturated heterocycles. The van der Waals surface area contributed by atoms with Crippen molar-refractivity contribution >= 4 is 0 Å². The number of nitrogens with one attached hydrogen (secondary N) is 1. The number of piperazine rings is 1. The monoisotopic (exact) mass is 274 g/mol. The molecule has 0 spiro atoms. The molecule has 2 aliphatic heterocycles. The standard InChI is InChI=1S/C17H26N2O/c1-12(2)16-10-14-9-15(19-6-4-18-5-7-19)11-20-17(14)8-13(16)3/h8,10,12,15,18H,4-7,9,11H2,1-3H3. The van der Waals surface area contributed by atoms with Gasteiger partial charge in [0, 0.05) is 32.2 Å². The fourth-order valence-electron chi connectivity index (χ4n) is 3.44. The Morgan fingerprint density at radius 3 is 2.70 bits per heavy atom. The van der Waals surface area contributed by atoms with Gasteiger partial charge in [0.2, 0.25) is 0 Å². The van der Waals surface area contributed by atoms with Gasteiger partial charge in [-0.1, -0.05) is 19.9 Å². The third-order valence-electron chi connectivity index (χ3n) is 4.63. The van der Waals surface area contributed by atoms with Crippen LogP contribution < -0.4 is 10.1 Å². The van der Waals surface area contributed by atoms with Gasteiger partial charge in [-0.3, -0.25) is 4.90 Å². The zero-order valence-electron chi connectivity index (χ0n) is 12.9. The van der Waals surface area contributed by atoms with E-state index in [4.69, 9.17) is 4.74 Å². The van der Waals surface area contributed by atoms with E-state index < -0.39 is 0 Å². The van der Waals surface area contributed by atoms with Gasteiger partial charge in [0.05, 0.1) is 0 Å². The average molecular weight is 274 g/mol. The van der Waals surface area contributed by atoms with Crippen molar-refractivity contribution in [2.45, 2.75) is 39.2 Å². The van der Waals surface area contributed by atoms with E-state index >= 15 is 0 Å². The second-order valence-corrected chi connectivity index (χ2v) is 6.43. The van der Waals surface area contributed by atoms with Crippen molar-refractivity contribution in [1.29, 1.82) is 0 Å². The second kappa shape index (κ2) is 5.74. The van der Waals surface area contributed by atoms with Gasteiger partial charge < -0.3 is 10.1 Å². The summed E-state index contributed by atoms with van der Waals surface area (Å²) < 4.78 is 6.04. The lowest BCUT2D eigenvalue weighted by Gasteiger charge is -2.37. The molecule has 1 N–H and O–H groups in total. The first-order valence-electron chi connectivity index (χ1n) is 7.86. The van der Waals surface area contributed by atoms with Crippen molar-refractivity contribution in [3.63, 3.8) is 0 Å². The molecule has 0 radical (unpaired) electrons. The van der Waals surface area contributed by atoms with Gasteiger partial charge >= 0.3 is 0 Å². The Bertz CT molecular complexity index is 478. The van der Waals surface area contributed by atoms with Crippen LogP contribution in [0.5, 0.6) is 5.75 Å². The topological polar surface area (TPSA) is 24.5 Å². The van der Waals surface area contributed by atoms with E-state index in [1.807, 2.05) is 0 Å². The molecular formula is C17H26N2O. The first-order valence-corrected chi connectivity index (χ1v) is 7.86. The predicted octanol–water partition coefficient (Wildman–Crippen LogP) is 2.33. The summed E-state index contributed by atoms with van der Waals surface area (Å²) in [7, 11) is 0. The van der Waals surface area contributed by atoms with Crippen LogP contribution in [0.15, 0.2) is 12.1 Å². The maximum absolute atomic E-state index is 6.04. The fraction of sp³-hybridized carbons (Fsp3) is 0.647. The second-order valence-electron chi connectivity index (χ2n) is 6.43. The number of hydrogen-bond acceptors (Lipinski definition) is 3. The number of nitrogens with zero attached hydrogens (tertiary/aromatic N) is 1. The van der Waals surface area contributed by atoms with E-state index in [0.717, 1.165) is 45.0 Å². The number of ether oxygens (including phenoxy) is 1. The highest BCUT2D eigenvalue weighted by atomic mass is 16.5. The summed E-state index contributed by atoms with van der Waals surface area (Å²) in [5.74, 6) is 1.69. The summed E-state index contributed by atoms with van der Waals surface area (Å²) in [5.41, 5.74) is 4.22. The summed E-state index contributed by atoms with van der Waals surface area (Å²) in [4.78, 5) is 2.58. The molecule has 3 nitrogen and oxygen atoms in total. The van der Waals surface area contributed by atoms with Gasteiger partial charge in [0.25, 0.3) is 0 Å². The molecule has 0 aromatic heterocycles. The predicted molar refractivity (Wildman–Crippen MR) is 82.7 cm³/mol. The lowest BCUT2D eigenvalue weighted by molar-refractivity contribution is 0.107. The largest absolute Gasteiger partial charge is 0.492 e. The average Bonchev–Trinajstić information content (AvgIpc) is 2.47. The minimum atomic E-state index is 0.548. The molecule has 3 heteroatoms. The molecular weight excluding hydrogens is 248 g/mol. The van der Waals surface area contributed by atoms with E-state index in [-0.39, 0.29) is 0 Å². The highest BCUT2D eigenvalue weighted by Crippen LogP contribution is 2.32. The van der Waals surface area contributed by atoms with Crippen molar-refractivity contribution in [3.05, 3.63) is 28.8 Å². The van der Waals surface area contributed by atoms with Crippen LogP contribution in [0.3, 0.4) is 0 Å². The van der Waals surface area contributed by atoms with Crippen LogP contribution in [-0.2, 0) is 6.42 Å². The van der Waals surface area contributed by atoms with Crippen LogP contribution in [-0.4, -0.2) is 43.7 Å². The van der Waals surface area contributed by atoms with E-state index in [1.54, 1.807) is 0 Å². The normalized spacial score (nSPS) is 23.5. The molecule has 1 atom stereocenters. The summed E-state index contributed by atoms with van der Waals surface area (Å²) in [6.45, 7) is 12.1. The van der Waals surface area contributed by atoms with Crippen LogP contribution in [0, 0.1) is 6.92 Å². The minimum absolute atomic E-state index is 0.548. The Morgan fingerprint density at radius 1 is 1.25 bits per heavy atom. The number of fused-ring (bicyclic) bond motifs is 1. The maximum atomic E-state index is 6.04. The molecule has 1 fully saturated rings. The Hall–Kier alpha value is -1.06. The third-order valence-corrected chi connectivity index (χ3v) is 4.63. The minimum Gasteiger partial charge on any atom is -0.492 e. The van der Waals surface area contributed by atoms with Crippen LogP contribution in [0.2, 0.25) is 0 Å². The highest BCUT2D eigenvalue weighted by molar-refractivity contribution is 5.45. The van der Waals surface area contributed by atoms with Gasteiger partial charge in [-0.15, -0.1) is 0 Å². The molecule has 0 saturated carbocycles. The maximum Gasteiger partial charge on any atom is 0.122 e. The lowest BCUT2D eigenvalue weighted by Crippen LogP contribution is -2.52. The van der Waals surface area contributed by atoms with Crippen molar-refractivity contribution in [1.82, 2.24) is 10.2 Å². The van der Waals surface area contributed by atoms with E-state index in [0.29, 0.717) is 12.0 Å². The first kappa shape index (κ1) is 13.9. The molecule has 20 heavy (non-hydrogen) atoms. The molecule has 0 aliphatic carbocycles. The Labute approximate surface area is 122 Å². The molecule has 1 unspecified atom stereocenters. The lowest BCUT2D eigenvalue weighted by atomic mass is 9.91. The number of aryl methyl sites for hydroxylation is 1. The van der Waals surface area contributed by atoms with Gasteiger partial charge in [-0.05, 0) is 42.0 Å². The molecule has 2 heterocycles. The van der Waals surface area contributed by atoms with Crippen LogP contribution in [0.4, 0.5) is 0 Å². The van der Waals surface area contributed by atoms with Crippen LogP contribution in [0.25, 0.3) is 0 Å². The first-order chi connectivity index (χ1) is 9.65. The van der Waals surface area contributed by atoms with Crippen LogP contribution >= 0.6 is 0 Å². The highest BCUT2D eigenvalue weighted by Gasteiger charge is 2.27. The zero-order chi connectivity index (χ0) is 14.1. The van der Waals surface area contributed by atoms with Crippen molar-refractivity contribution in [3.8, 4) is 5.75 Å². The van der Waals surface area contributed by atoms with Crippen LogP contribution in [0.1, 0.15) is 36.5 Å². The van der Waals surface area contributed by atoms with Gasteiger partial charge in [-0.2, -0.15) is 0 Å². The van der Waals surface area contributed by atoms with Crippen molar-refractivity contribution in [2.24, 2.45) is 0 Å². The molecule has 3 rings (SSSR count). The molecule has 0 bridgehead atoms. The number of hydrogen-bond donors (Lipinski definition) is 1. The summed E-state index contributed by atoms with van der Waals surface area (Å²) in [6.07, 6.45) is 1.13. The van der Waals surface area contributed by atoms with Gasteiger partial charge in [-0.25, -0.2) is 0 Å². The van der Waals surface area contributed by atoms with E-state index in [2.05, 4.69) is 43.1 Å². The molecule has 110 valence electrons. The SMILES string of the molecule is Cc1cc2c(cc1C(C)C)CC(N1CCNCC1)CO2. The molecule has 2 aliphatic rings. The molecule has 0 amide bonds. The van der Waals surface area contributed by atoms with E-state index in [1.165, 1.54) is 16.7 Å². The van der Waals surface area contributed by atoms with Gasteiger partial charge in [0.15, 0.2) is 0 Å². The fourth-order valence-corrected chi connectivity index (χ4v) is 3.44. The Balaban J connectivity index is 1.80. The zero-order valence-corrected chi connectivity index (χ0v) is 12.9. The Morgan fingerprint density at radius 2 is 2.00 bits per heavy atom. The Kier molecular flexibility index (Phi) is 3.99. The van der Waals surface area contributed by atoms with E-state index in [9.17, 15) is 0 Å². The quantitative estimate of drug-likeness (QED) is 0.896. The smallest absolute Gasteiger partial charge is 0.122 e. The molecule has 1 aromatic rings. The van der Waals surface area contributed by atoms with Crippen molar-refractivity contribution < 1.29 is 4.74 Å². The summed E-state index contributed by atoms with van der Waals surface area (Å²) >= 11 is 0. The summed E-state index contributed by atoms with van der Waals surface area (Å²) in [6, 6.07) is 5.16. The summed E-state index contributed by atoms with van der Waals surface area (Å²) in [5, 5.41) is 3.42. The van der Waals surface area contributed by atoms with Gasteiger partial charge in [0.1, 0.15) is 12.4 Å². The van der Waals surface area contributed by atoms with Crippen molar-refractivity contribution in [2.75, 3.05) is 32.8 Å².